The summed E-state index contributed by atoms with van der Waals surface area (Å²) in [5.74, 6) is 0. The maximum absolute atomic E-state index is 10.1. The molecule has 4 N–H and O–H groups in total. The van der Waals surface area contributed by atoms with Crippen molar-refractivity contribution in [2.24, 2.45) is 0 Å². The number of hydrogen-bond acceptors (Lipinski definition) is 4. The summed E-state index contributed by atoms with van der Waals surface area (Å²) in [4.78, 5) is 0. The van der Waals surface area contributed by atoms with Crippen LogP contribution < -0.4 is 5.32 Å². The highest BCUT2D eigenvalue weighted by atomic mass is 16.3. The van der Waals surface area contributed by atoms with Gasteiger partial charge in [-0.05, 0) is 22.4 Å². The van der Waals surface area contributed by atoms with Crippen LogP contribution in [0.4, 0.5) is 0 Å². The van der Waals surface area contributed by atoms with Gasteiger partial charge in [-0.15, -0.1) is 0 Å². The van der Waals surface area contributed by atoms with Crippen molar-refractivity contribution in [1.29, 1.82) is 0 Å². The average molecular weight is 261 g/mol. The normalized spacial score (nSPS) is 13.1. The van der Waals surface area contributed by atoms with Crippen molar-refractivity contribution in [1.82, 2.24) is 5.32 Å². The zero-order valence-electron chi connectivity index (χ0n) is 10.7. The van der Waals surface area contributed by atoms with E-state index in [0.717, 1.165) is 16.3 Å². The standard InChI is InChI=1S/C15H19NO3/c17-9-14(10-18)16-8-15(19)13-6-5-11-3-1-2-4-12(11)7-13/h1-7,14-19H,8-10H2. The minimum Gasteiger partial charge on any atom is -0.395 e. The van der Waals surface area contributed by atoms with E-state index in [4.69, 9.17) is 10.2 Å². The van der Waals surface area contributed by atoms with Crippen molar-refractivity contribution in [3.63, 3.8) is 0 Å². The molecule has 0 aliphatic rings. The highest BCUT2D eigenvalue weighted by molar-refractivity contribution is 5.83. The molecule has 2 aromatic carbocycles. The van der Waals surface area contributed by atoms with Gasteiger partial charge in [0.15, 0.2) is 0 Å². The first kappa shape index (κ1) is 14.0. The van der Waals surface area contributed by atoms with Gasteiger partial charge in [0.2, 0.25) is 0 Å². The lowest BCUT2D eigenvalue weighted by Gasteiger charge is -2.17. The minimum absolute atomic E-state index is 0.152. The smallest absolute Gasteiger partial charge is 0.0914 e. The topological polar surface area (TPSA) is 72.7 Å². The summed E-state index contributed by atoms with van der Waals surface area (Å²) in [5, 5.41) is 33.1. The molecule has 1 atom stereocenters. The molecule has 0 saturated carbocycles. The number of nitrogens with one attached hydrogen (secondary N) is 1. The Kier molecular flexibility index (Phi) is 4.87. The summed E-state index contributed by atoms with van der Waals surface area (Å²) in [6.45, 7) is -0.00793. The van der Waals surface area contributed by atoms with Crippen LogP contribution in [0.25, 0.3) is 10.8 Å². The third-order valence-electron chi connectivity index (χ3n) is 3.20. The molecular weight excluding hydrogens is 242 g/mol. The Balaban J connectivity index is 2.06. The van der Waals surface area contributed by atoms with Crippen LogP contribution in [0.15, 0.2) is 42.5 Å². The highest BCUT2D eigenvalue weighted by Crippen LogP contribution is 2.20. The number of benzene rings is 2. The van der Waals surface area contributed by atoms with Crippen LogP contribution in [0, 0.1) is 0 Å². The molecule has 4 heteroatoms. The van der Waals surface area contributed by atoms with Crippen LogP contribution in [0.5, 0.6) is 0 Å². The summed E-state index contributed by atoms with van der Waals surface area (Å²) >= 11 is 0. The second kappa shape index (κ2) is 6.63. The van der Waals surface area contributed by atoms with E-state index < -0.39 is 12.1 Å². The van der Waals surface area contributed by atoms with Crippen molar-refractivity contribution in [3.8, 4) is 0 Å². The largest absolute Gasteiger partial charge is 0.395 e. The maximum atomic E-state index is 10.1. The molecule has 0 aliphatic carbocycles. The summed E-state index contributed by atoms with van der Waals surface area (Å²) in [6.07, 6.45) is -0.662. The molecular formula is C15H19NO3. The van der Waals surface area contributed by atoms with E-state index in [0.29, 0.717) is 6.54 Å². The Bertz CT molecular complexity index is 526. The predicted octanol–water partition coefficient (Wildman–Crippen LogP) is 0.816. The van der Waals surface area contributed by atoms with Gasteiger partial charge in [-0.25, -0.2) is 0 Å². The van der Waals surface area contributed by atoms with E-state index in [1.54, 1.807) is 0 Å². The van der Waals surface area contributed by atoms with E-state index in [9.17, 15) is 5.11 Å². The fourth-order valence-electron chi connectivity index (χ4n) is 2.00. The molecule has 0 amide bonds. The van der Waals surface area contributed by atoms with E-state index in [1.807, 2.05) is 42.5 Å². The van der Waals surface area contributed by atoms with Gasteiger partial charge in [0.05, 0.1) is 25.4 Å². The summed E-state index contributed by atoms with van der Waals surface area (Å²) in [7, 11) is 0. The summed E-state index contributed by atoms with van der Waals surface area (Å²) in [6, 6.07) is 13.4. The molecule has 0 radical (unpaired) electrons. The summed E-state index contributed by atoms with van der Waals surface area (Å²) in [5.41, 5.74) is 0.820. The monoisotopic (exact) mass is 261 g/mol. The third-order valence-corrected chi connectivity index (χ3v) is 3.20. The average Bonchev–Trinajstić information content (AvgIpc) is 2.47. The first-order chi connectivity index (χ1) is 9.24. The number of aliphatic hydroxyl groups excluding tert-OH is 3. The van der Waals surface area contributed by atoms with E-state index in [2.05, 4.69) is 5.32 Å². The molecule has 0 heterocycles. The third kappa shape index (κ3) is 3.52. The molecule has 0 spiro atoms. The molecule has 2 aromatic rings. The van der Waals surface area contributed by atoms with Gasteiger partial charge in [-0.1, -0.05) is 36.4 Å². The van der Waals surface area contributed by atoms with Gasteiger partial charge in [0.1, 0.15) is 0 Å². The molecule has 102 valence electrons. The zero-order chi connectivity index (χ0) is 13.7. The van der Waals surface area contributed by atoms with Crippen molar-refractivity contribution >= 4 is 10.8 Å². The zero-order valence-corrected chi connectivity index (χ0v) is 10.7. The van der Waals surface area contributed by atoms with Crippen molar-refractivity contribution in [3.05, 3.63) is 48.0 Å². The van der Waals surface area contributed by atoms with Crippen LogP contribution in [0.3, 0.4) is 0 Å². The van der Waals surface area contributed by atoms with Gasteiger partial charge in [0, 0.05) is 6.54 Å². The van der Waals surface area contributed by atoms with E-state index >= 15 is 0 Å². The van der Waals surface area contributed by atoms with Crippen molar-refractivity contribution in [2.45, 2.75) is 12.1 Å². The van der Waals surface area contributed by atoms with Gasteiger partial charge in [0.25, 0.3) is 0 Å². The lowest BCUT2D eigenvalue weighted by molar-refractivity contribution is 0.135. The SMILES string of the molecule is OCC(CO)NCC(O)c1ccc2ccccc2c1. The molecule has 0 aromatic heterocycles. The predicted molar refractivity (Wildman–Crippen MR) is 74.9 cm³/mol. The minimum atomic E-state index is -0.662. The Morgan fingerprint density at radius 2 is 1.63 bits per heavy atom. The van der Waals surface area contributed by atoms with Crippen LogP contribution in [-0.4, -0.2) is 41.1 Å². The van der Waals surface area contributed by atoms with Gasteiger partial charge in [-0.2, -0.15) is 0 Å². The van der Waals surface area contributed by atoms with Crippen molar-refractivity contribution in [2.75, 3.05) is 19.8 Å². The van der Waals surface area contributed by atoms with Gasteiger partial charge >= 0.3 is 0 Å². The molecule has 0 fully saturated rings. The lowest BCUT2D eigenvalue weighted by Crippen LogP contribution is -2.38. The first-order valence-electron chi connectivity index (χ1n) is 6.36. The highest BCUT2D eigenvalue weighted by Gasteiger charge is 2.11. The van der Waals surface area contributed by atoms with Gasteiger partial charge < -0.3 is 20.6 Å². The van der Waals surface area contributed by atoms with Crippen LogP contribution in [0.1, 0.15) is 11.7 Å². The van der Waals surface area contributed by atoms with Crippen molar-refractivity contribution < 1.29 is 15.3 Å². The summed E-state index contributed by atoms with van der Waals surface area (Å²) < 4.78 is 0. The second-order valence-electron chi connectivity index (χ2n) is 4.59. The quantitative estimate of drug-likeness (QED) is 0.621. The second-order valence-corrected chi connectivity index (χ2v) is 4.59. The molecule has 1 unspecified atom stereocenters. The molecule has 0 aliphatic heterocycles. The number of aliphatic hydroxyl groups is 3. The fourth-order valence-corrected chi connectivity index (χ4v) is 2.00. The molecule has 0 bridgehead atoms. The maximum Gasteiger partial charge on any atom is 0.0914 e. The fraction of sp³-hybridized carbons (Fsp3) is 0.333. The van der Waals surface area contributed by atoms with Gasteiger partial charge in [-0.3, -0.25) is 0 Å². The molecule has 2 rings (SSSR count). The first-order valence-corrected chi connectivity index (χ1v) is 6.36. The van der Waals surface area contributed by atoms with Crippen LogP contribution in [0.2, 0.25) is 0 Å². The number of hydrogen-bond donors (Lipinski definition) is 4. The lowest BCUT2D eigenvalue weighted by atomic mass is 10.0. The van der Waals surface area contributed by atoms with Crippen LogP contribution in [-0.2, 0) is 0 Å². The number of rotatable bonds is 6. The molecule has 0 saturated heterocycles. The Morgan fingerprint density at radius 3 is 2.32 bits per heavy atom. The van der Waals surface area contributed by atoms with Crippen LogP contribution >= 0.6 is 0 Å². The Morgan fingerprint density at radius 1 is 0.947 bits per heavy atom. The molecule has 19 heavy (non-hydrogen) atoms. The Labute approximate surface area is 112 Å². The number of fused-ring (bicyclic) bond motifs is 1. The van der Waals surface area contributed by atoms with E-state index in [1.165, 1.54) is 0 Å². The molecule has 4 nitrogen and oxygen atoms in total. The Hall–Kier alpha value is -1.46. The van der Waals surface area contributed by atoms with E-state index in [-0.39, 0.29) is 13.2 Å².